The minimum Gasteiger partial charge on any atom is -0.481 e. The number of nitrogens with zero attached hydrogens (tertiary/aromatic N) is 3. The van der Waals surface area contributed by atoms with E-state index in [1.807, 2.05) is 0 Å². The van der Waals surface area contributed by atoms with Crippen LogP contribution in [0.3, 0.4) is 0 Å². The summed E-state index contributed by atoms with van der Waals surface area (Å²) in [5.74, 6) is -0.676. The molecule has 0 fully saturated rings. The molecule has 0 aromatic carbocycles. The van der Waals surface area contributed by atoms with Crippen molar-refractivity contribution in [3.63, 3.8) is 0 Å². The topological polar surface area (TPSA) is 112 Å². The van der Waals surface area contributed by atoms with Crippen LogP contribution < -0.4 is 21.5 Å². The van der Waals surface area contributed by atoms with Crippen molar-refractivity contribution in [1.29, 1.82) is 0 Å². The Hall–Kier alpha value is -2.78. The molecule has 0 spiro atoms. The first-order valence-electron chi connectivity index (χ1n) is 6.94. The largest absolute Gasteiger partial charge is 0.481 e. The Balaban J connectivity index is 2.58. The number of ether oxygens (including phenoxy) is 1. The number of nitrogen functional groups attached to an aromatic ring is 2. The molecule has 0 unspecified atom stereocenters. The van der Waals surface area contributed by atoms with E-state index in [2.05, 4.69) is 20.3 Å². The zero-order chi connectivity index (χ0) is 18.1. The molecule has 0 saturated heterocycles. The van der Waals surface area contributed by atoms with Gasteiger partial charge >= 0.3 is 6.18 Å². The molecule has 0 radical (unpaired) electrons. The van der Waals surface area contributed by atoms with Gasteiger partial charge in [-0.25, -0.2) is 9.97 Å². The zero-order valence-electron chi connectivity index (χ0n) is 13.3. The van der Waals surface area contributed by atoms with Crippen LogP contribution in [0.5, 0.6) is 5.88 Å². The molecule has 0 aliphatic carbocycles. The first-order chi connectivity index (χ1) is 11.1. The molecular weight excluding hydrogens is 325 g/mol. The van der Waals surface area contributed by atoms with Crippen LogP contribution in [0.1, 0.15) is 31.0 Å². The highest BCUT2D eigenvalue weighted by Gasteiger charge is 2.36. The van der Waals surface area contributed by atoms with Gasteiger partial charge < -0.3 is 21.5 Å². The molecule has 0 saturated carbocycles. The number of aromatic nitrogens is 3. The van der Waals surface area contributed by atoms with E-state index in [-0.39, 0.29) is 29.1 Å². The Labute approximate surface area is 136 Å². The molecule has 0 aliphatic heterocycles. The second kappa shape index (κ2) is 6.38. The molecule has 0 atom stereocenters. The number of hydrogen-bond acceptors (Lipinski definition) is 7. The Morgan fingerprint density at radius 2 is 1.83 bits per heavy atom. The van der Waals surface area contributed by atoms with Crippen LogP contribution >= 0.6 is 0 Å². The van der Waals surface area contributed by atoms with Crippen LogP contribution in [0, 0.1) is 0 Å². The van der Waals surface area contributed by atoms with Crippen molar-refractivity contribution in [2.24, 2.45) is 0 Å². The predicted molar refractivity (Wildman–Crippen MR) is 84.0 cm³/mol. The number of methoxy groups -OCH3 is 1. The number of anilines is 4. The van der Waals surface area contributed by atoms with Crippen molar-refractivity contribution in [2.45, 2.75) is 25.9 Å². The van der Waals surface area contributed by atoms with Gasteiger partial charge in [-0.2, -0.15) is 18.2 Å². The van der Waals surface area contributed by atoms with E-state index in [9.17, 15) is 13.2 Å². The fourth-order valence-electron chi connectivity index (χ4n) is 2.06. The molecule has 2 rings (SSSR count). The van der Waals surface area contributed by atoms with Crippen LogP contribution in [-0.4, -0.2) is 22.1 Å². The summed E-state index contributed by atoms with van der Waals surface area (Å²) in [6.45, 7) is 3.59. The van der Waals surface area contributed by atoms with Gasteiger partial charge in [-0.1, -0.05) is 13.8 Å². The average Bonchev–Trinajstić information content (AvgIpc) is 2.48. The summed E-state index contributed by atoms with van der Waals surface area (Å²) < 4.78 is 44.4. The summed E-state index contributed by atoms with van der Waals surface area (Å²) in [4.78, 5) is 11.5. The maximum Gasteiger partial charge on any atom is 0.421 e. The molecule has 0 aliphatic rings. The summed E-state index contributed by atoms with van der Waals surface area (Å²) in [5.41, 5.74) is 10.9. The number of rotatable bonds is 4. The second-order valence-corrected chi connectivity index (χ2v) is 5.28. The first-order valence-corrected chi connectivity index (χ1v) is 6.94. The summed E-state index contributed by atoms with van der Waals surface area (Å²) in [6.07, 6.45) is -3.33. The van der Waals surface area contributed by atoms with Crippen molar-refractivity contribution >= 4 is 23.1 Å². The van der Waals surface area contributed by atoms with Gasteiger partial charge in [0, 0.05) is 0 Å². The molecule has 7 nitrogen and oxygen atoms in total. The lowest BCUT2D eigenvalue weighted by Gasteiger charge is -2.19. The van der Waals surface area contributed by atoms with Gasteiger partial charge in [-0.3, -0.25) is 0 Å². The number of alkyl halides is 3. The van der Waals surface area contributed by atoms with Crippen LogP contribution in [0.15, 0.2) is 12.3 Å². The second-order valence-electron chi connectivity index (χ2n) is 5.28. The van der Waals surface area contributed by atoms with Gasteiger partial charge in [-0.15, -0.1) is 0 Å². The maximum absolute atomic E-state index is 13.2. The third kappa shape index (κ3) is 3.58. The van der Waals surface area contributed by atoms with E-state index in [1.165, 1.54) is 6.20 Å². The lowest BCUT2D eigenvalue weighted by atomic mass is 10.1. The van der Waals surface area contributed by atoms with Gasteiger partial charge in [0.15, 0.2) is 5.82 Å². The van der Waals surface area contributed by atoms with Crippen molar-refractivity contribution in [2.75, 3.05) is 23.9 Å². The van der Waals surface area contributed by atoms with Crippen molar-refractivity contribution in [3.8, 4) is 5.88 Å². The molecule has 2 aromatic heterocycles. The first kappa shape index (κ1) is 17.6. The number of hydrogen-bond donors (Lipinski definition) is 3. The van der Waals surface area contributed by atoms with E-state index in [0.29, 0.717) is 5.69 Å². The highest BCUT2D eigenvalue weighted by molar-refractivity contribution is 5.71. The fourth-order valence-corrected chi connectivity index (χ4v) is 2.06. The monoisotopic (exact) mass is 342 g/mol. The van der Waals surface area contributed by atoms with Gasteiger partial charge in [0.2, 0.25) is 11.8 Å². The third-order valence-electron chi connectivity index (χ3n) is 3.17. The molecule has 0 amide bonds. The van der Waals surface area contributed by atoms with E-state index < -0.39 is 17.6 Å². The molecule has 0 bridgehead atoms. The van der Waals surface area contributed by atoms with Crippen LogP contribution in [0.4, 0.5) is 36.3 Å². The van der Waals surface area contributed by atoms with Crippen LogP contribution in [0.25, 0.3) is 0 Å². The Kier molecular flexibility index (Phi) is 4.67. The van der Waals surface area contributed by atoms with E-state index >= 15 is 0 Å². The van der Waals surface area contributed by atoms with Crippen molar-refractivity contribution < 1.29 is 17.9 Å². The normalized spacial score (nSPS) is 11.6. The predicted octanol–water partition coefficient (Wildman–Crippen LogP) is 2.93. The van der Waals surface area contributed by atoms with E-state index in [1.54, 1.807) is 13.8 Å². The molecule has 5 N–H and O–H groups in total. The Bertz CT molecular complexity index is 748. The molecule has 24 heavy (non-hydrogen) atoms. The number of pyridine rings is 1. The van der Waals surface area contributed by atoms with E-state index in [4.69, 9.17) is 16.2 Å². The quantitative estimate of drug-likeness (QED) is 0.783. The molecule has 10 heteroatoms. The molecular formula is C14H17F3N6O. The summed E-state index contributed by atoms with van der Waals surface area (Å²) in [5, 5.41) is 2.79. The van der Waals surface area contributed by atoms with E-state index in [0.717, 1.165) is 13.2 Å². The van der Waals surface area contributed by atoms with Crippen molar-refractivity contribution in [3.05, 3.63) is 23.5 Å². The molecule has 2 heterocycles. The maximum atomic E-state index is 13.2. The summed E-state index contributed by atoms with van der Waals surface area (Å²) in [6, 6.07) is 0.928. The van der Waals surface area contributed by atoms with Gasteiger partial charge in [-0.05, 0) is 12.0 Å². The van der Waals surface area contributed by atoms with Gasteiger partial charge in [0.1, 0.15) is 11.3 Å². The summed E-state index contributed by atoms with van der Waals surface area (Å²) >= 11 is 0. The number of nitrogens with one attached hydrogen (secondary N) is 1. The fraction of sp³-hybridized carbons (Fsp3) is 0.357. The highest BCUT2D eigenvalue weighted by Crippen LogP contribution is 2.40. The number of halogens is 3. The third-order valence-corrected chi connectivity index (χ3v) is 3.17. The zero-order valence-corrected chi connectivity index (χ0v) is 13.3. The lowest BCUT2D eigenvalue weighted by Crippen LogP contribution is -2.13. The summed E-state index contributed by atoms with van der Waals surface area (Å²) in [7, 11) is 1.14. The lowest BCUT2D eigenvalue weighted by molar-refractivity contribution is -0.139. The van der Waals surface area contributed by atoms with Crippen molar-refractivity contribution in [1.82, 2.24) is 15.0 Å². The molecule has 2 aromatic rings. The Morgan fingerprint density at radius 3 is 2.33 bits per heavy atom. The standard InChI is InChI=1S/C14H17F3N6O/c1-6(2)10-8(21-9-5-20-13(19)23-11(9)18)4-7(14(15,16)17)12(22-10)24-3/h4-6,21H,1-3H3,(H4,18,19,20,23). The smallest absolute Gasteiger partial charge is 0.421 e. The van der Waals surface area contributed by atoms with Crippen LogP contribution in [-0.2, 0) is 6.18 Å². The van der Waals surface area contributed by atoms with Gasteiger partial charge in [0.05, 0.1) is 24.7 Å². The average molecular weight is 342 g/mol. The minimum absolute atomic E-state index is 0.0154. The molecule has 130 valence electrons. The number of nitrogens with two attached hydrogens (primary N) is 2. The minimum atomic E-state index is -4.62. The highest BCUT2D eigenvalue weighted by atomic mass is 19.4. The SMILES string of the molecule is COc1nc(C(C)C)c(Nc2cnc(N)nc2N)cc1C(F)(F)F. The van der Waals surface area contributed by atoms with Crippen LogP contribution in [0.2, 0.25) is 0 Å². The van der Waals surface area contributed by atoms with Gasteiger partial charge in [0.25, 0.3) is 0 Å². The Morgan fingerprint density at radius 1 is 1.17 bits per heavy atom.